The smallest absolute Gasteiger partial charge is 0.196 e. The van der Waals surface area contributed by atoms with E-state index in [0.717, 1.165) is 0 Å². The van der Waals surface area contributed by atoms with E-state index in [1.807, 2.05) is 6.92 Å². The van der Waals surface area contributed by atoms with Crippen LogP contribution in [0.1, 0.15) is 18.8 Å². The van der Waals surface area contributed by atoms with E-state index < -0.39 is 0 Å². The molecule has 2 aromatic heterocycles. The zero-order valence-corrected chi connectivity index (χ0v) is 9.23. The summed E-state index contributed by atoms with van der Waals surface area (Å²) in [5.41, 5.74) is 6.26. The molecule has 0 saturated carbocycles. The van der Waals surface area contributed by atoms with Crippen LogP contribution in [-0.2, 0) is 0 Å². The highest BCUT2D eigenvalue weighted by atomic mass is 35.5. The SMILES string of the molecule is CC(Nc1nc(Cl)ccc1N)c1nn[nH]n1. The number of nitrogens with one attached hydrogen (secondary N) is 2. The fourth-order valence-corrected chi connectivity index (χ4v) is 1.33. The number of nitrogens with zero attached hydrogens (tertiary/aromatic N) is 4. The molecule has 0 radical (unpaired) electrons. The number of rotatable bonds is 3. The lowest BCUT2D eigenvalue weighted by atomic mass is 10.3. The molecule has 0 aliphatic heterocycles. The summed E-state index contributed by atoms with van der Waals surface area (Å²) in [6.07, 6.45) is 0. The van der Waals surface area contributed by atoms with Crippen LogP contribution >= 0.6 is 11.6 Å². The molecule has 0 aliphatic carbocycles. The Labute approximate surface area is 96.4 Å². The first-order chi connectivity index (χ1) is 7.66. The van der Waals surface area contributed by atoms with Gasteiger partial charge in [-0.3, -0.25) is 0 Å². The van der Waals surface area contributed by atoms with Crippen molar-refractivity contribution in [2.75, 3.05) is 11.1 Å². The number of hydrogen-bond donors (Lipinski definition) is 3. The van der Waals surface area contributed by atoms with E-state index in [9.17, 15) is 0 Å². The number of tetrazole rings is 1. The molecule has 7 nitrogen and oxygen atoms in total. The summed E-state index contributed by atoms with van der Waals surface area (Å²) in [4.78, 5) is 4.07. The summed E-state index contributed by atoms with van der Waals surface area (Å²) < 4.78 is 0. The molecule has 0 spiro atoms. The number of nitrogens with two attached hydrogens (primary N) is 1. The zero-order chi connectivity index (χ0) is 11.5. The summed E-state index contributed by atoms with van der Waals surface area (Å²) in [5, 5.41) is 17.0. The lowest BCUT2D eigenvalue weighted by Crippen LogP contribution is -2.11. The van der Waals surface area contributed by atoms with Crippen molar-refractivity contribution in [3.8, 4) is 0 Å². The number of H-pyrrole nitrogens is 1. The molecule has 0 aromatic carbocycles. The summed E-state index contributed by atoms with van der Waals surface area (Å²) in [7, 11) is 0. The van der Waals surface area contributed by atoms with E-state index in [2.05, 4.69) is 30.9 Å². The molecule has 1 atom stereocenters. The fourth-order valence-electron chi connectivity index (χ4n) is 1.18. The Kier molecular flexibility index (Phi) is 2.86. The van der Waals surface area contributed by atoms with Gasteiger partial charge in [0.2, 0.25) is 0 Å². The maximum absolute atomic E-state index is 5.77. The minimum Gasteiger partial charge on any atom is -0.396 e. The van der Waals surface area contributed by atoms with Gasteiger partial charge < -0.3 is 11.1 Å². The number of aromatic amines is 1. The van der Waals surface area contributed by atoms with Crippen LogP contribution < -0.4 is 11.1 Å². The standard InChI is InChI=1S/C8H10ClN7/c1-4(7-13-15-16-14-7)11-8-5(10)2-3-6(9)12-8/h2-4H,10H2,1H3,(H,11,12)(H,13,14,15,16). The van der Waals surface area contributed by atoms with Gasteiger partial charge in [0.15, 0.2) is 11.6 Å². The number of pyridine rings is 1. The predicted octanol–water partition coefficient (Wildman–Crippen LogP) is 1.00. The quantitative estimate of drug-likeness (QED) is 0.690. The number of hydrogen-bond acceptors (Lipinski definition) is 6. The fraction of sp³-hybridized carbons (Fsp3) is 0.250. The molecule has 0 bridgehead atoms. The Morgan fingerprint density at radius 3 is 3.00 bits per heavy atom. The van der Waals surface area contributed by atoms with Gasteiger partial charge in [-0.1, -0.05) is 16.8 Å². The van der Waals surface area contributed by atoms with Crippen LogP contribution in [0.3, 0.4) is 0 Å². The molecule has 4 N–H and O–H groups in total. The Balaban J connectivity index is 2.17. The van der Waals surface area contributed by atoms with E-state index in [4.69, 9.17) is 17.3 Å². The normalized spacial score (nSPS) is 12.4. The molecule has 8 heteroatoms. The lowest BCUT2D eigenvalue weighted by Gasteiger charge is -2.12. The Bertz CT molecular complexity index is 469. The summed E-state index contributed by atoms with van der Waals surface area (Å²) >= 11 is 5.77. The molecular formula is C8H10ClN7. The Morgan fingerprint density at radius 1 is 1.50 bits per heavy atom. The molecular weight excluding hydrogens is 230 g/mol. The molecule has 0 saturated heterocycles. The average Bonchev–Trinajstić information content (AvgIpc) is 2.76. The van der Waals surface area contributed by atoms with Gasteiger partial charge >= 0.3 is 0 Å². The van der Waals surface area contributed by atoms with E-state index in [1.165, 1.54) is 0 Å². The third kappa shape index (κ3) is 2.19. The van der Waals surface area contributed by atoms with E-state index in [-0.39, 0.29) is 6.04 Å². The van der Waals surface area contributed by atoms with Crippen molar-refractivity contribution in [1.82, 2.24) is 25.6 Å². The lowest BCUT2D eigenvalue weighted by molar-refractivity contribution is 0.788. The average molecular weight is 240 g/mol. The summed E-state index contributed by atoms with van der Waals surface area (Å²) in [6, 6.07) is 3.15. The van der Waals surface area contributed by atoms with Gasteiger partial charge in [-0.05, 0) is 19.1 Å². The first-order valence-corrected chi connectivity index (χ1v) is 4.96. The zero-order valence-electron chi connectivity index (χ0n) is 8.48. The Hall–Kier alpha value is -1.89. The van der Waals surface area contributed by atoms with Gasteiger partial charge in [0.05, 0.1) is 11.7 Å². The van der Waals surface area contributed by atoms with Crippen LogP contribution in [0.2, 0.25) is 5.15 Å². The van der Waals surface area contributed by atoms with Crippen LogP contribution in [0.25, 0.3) is 0 Å². The van der Waals surface area contributed by atoms with E-state index in [1.54, 1.807) is 12.1 Å². The summed E-state index contributed by atoms with van der Waals surface area (Å²) in [5.74, 6) is 1.03. The monoisotopic (exact) mass is 239 g/mol. The van der Waals surface area contributed by atoms with Crippen LogP contribution in [-0.4, -0.2) is 25.6 Å². The van der Waals surface area contributed by atoms with Gasteiger partial charge in [0.25, 0.3) is 0 Å². The maximum Gasteiger partial charge on any atom is 0.196 e. The van der Waals surface area contributed by atoms with Gasteiger partial charge in [-0.2, -0.15) is 5.21 Å². The molecule has 0 fully saturated rings. The number of anilines is 2. The third-order valence-electron chi connectivity index (χ3n) is 1.99. The van der Waals surface area contributed by atoms with Crippen LogP contribution in [0.4, 0.5) is 11.5 Å². The minimum absolute atomic E-state index is 0.160. The molecule has 2 heterocycles. The molecule has 84 valence electrons. The van der Waals surface area contributed by atoms with Crippen molar-refractivity contribution < 1.29 is 0 Å². The minimum atomic E-state index is -0.160. The maximum atomic E-state index is 5.77. The topological polar surface area (TPSA) is 105 Å². The second kappa shape index (κ2) is 4.31. The van der Waals surface area contributed by atoms with Crippen molar-refractivity contribution in [2.24, 2.45) is 0 Å². The molecule has 2 aromatic rings. The Morgan fingerprint density at radius 2 is 2.31 bits per heavy atom. The van der Waals surface area contributed by atoms with Gasteiger partial charge in [-0.15, -0.1) is 10.2 Å². The third-order valence-corrected chi connectivity index (χ3v) is 2.21. The first-order valence-electron chi connectivity index (χ1n) is 4.58. The van der Waals surface area contributed by atoms with E-state index >= 15 is 0 Å². The van der Waals surface area contributed by atoms with E-state index in [0.29, 0.717) is 22.5 Å². The van der Waals surface area contributed by atoms with Crippen molar-refractivity contribution in [1.29, 1.82) is 0 Å². The van der Waals surface area contributed by atoms with Gasteiger partial charge in [-0.25, -0.2) is 4.98 Å². The van der Waals surface area contributed by atoms with Crippen LogP contribution in [0.15, 0.2) is 12.1 Å². The molecule has 16 heavy (non-hydrogen) atoms. The highest BCUT2D eigenvalue weighted by molar-refractivity contribution is 6.29. The molecule has 2 rings (SSSR count). The largest absolute Gasteiger partial charge is 0.396 e. The molecule has 1 unspecified atom stereocenters. The second-order valence-electron chi connectivity index (χ2n) is 3.21. The highest BCUT2D eigenvalue weighted by Crippen LogP contribution is 2.22. The van der Waals surface area contributed by atoms with Crippen molar-refractivity contribution >= 4 is 23.1 Å². The van der Waals surface area contributed by atoms with Crippen molar-refractivity contribution in [3.63, 3.8) is 0 Å². The number of aromatic nitrogens is 5. The van der Waals surface area contributed by atoms with Gasteiger partial charge in [0.1, 0.15) is 5.15 Å². The summed E-state index contributed by atoms with van der Waals surface area (Å²) in [6.45, 7) is 1.87. The van der Waals surface area contributed by atoms with Crippen molar-refractivity contribution in [3.05, 3.63) is 23.1 Å². The second-order valence-corrected chi connectivity index (χ2v) is 3.60. The number of nitrogen functional groups attached to an aromatic ring is 1. The van der Waals surface area contributed by atoms with Crippen molar-refractivity contribution in [2.45, 2.75) is 13.0 Å². The predicted molar refractivity (Wildman–Crippen MR) is 59.9 cm³/mol. The van der Waals surface area contributed by atoms with Crippen LogP contribution in [0.5, 0.6) is 0 Å². The van der Waals surface area contributed by atoms with Crippen LogP contribution in [0, 0.1) is 0 Å². The number of halogens is 1. The molecule has 0 aliphatic rings. The molecule has 0 amide bonds. The first kappa shape index (κ1) is 10.6. The van der Waals surface area contributed by atoms with Gasteiger partial charge in [0, 0.05) is 0 Å². The highest BCUT2D eigenvalue weighted by Gasteiger charge is 2.12.